The summed E-state index contributed by atoms with van der Waals surface area (Å²) in [7, 11) is -3.82. The largest absolute Gasteiger partial charge is 0.483 e. The Bertz CT molecular complexity index is 1210. The Kier molecular flexibility index (Phi) is 7.06. The summed E-state index contributed by atoms with van der Waals surface area (Å²) in [4.78, 5) is 28.0. The molecule has 0 unspecified atom stereocenters. The minimum Gasteiger partial charge on any atom is -0.483 e. The lowest BCUT2D eigenvalue weighted by Gasteiger charge is -2.11. The van der Waals surface area contributed by atoms with Crippen LogP contribution in [-0.2, 0) is 14.8 Å². The Morgan fingerprint density at radius 3 is 2.31 bits per heavy atom. The third-order valence-electron chi connectivity index (χ3n) is 4.38. The number of aromatic nitrogens is 1. The number of amides is 2. The third kappa shape index (κ3) is 6.05. The number of hydrogen-bond acceptors (Lipinski definition) is 6. The molecule has 3 aromatic rings. The molecular weight excluding hydrogens is 432 g/mol. The third-order valence-corrected chi connectivity index (χ3v) is 5.77. The monoisotopic (exact) mass is 454 g/mol. The van der Waals surface area contributed by atoms with Crippen LogP contribution in [0.15, 0.2) is 71.9 Å². The predicted molar refractivity (Wildman–Crippen MR) is 119 cm³/mol. The Morgan fingerprint density at radius 1 is 0.938 bits per heavy atom. The number of sulfonamides is 1. The Hall–Kier alpha value is -3.92. The Labute approximate surface area is 185 Å². The van der Waals surface area contributed by atoms with E-state index in [9.17, 15) is 18.0 Å². The fourth-order valence-electron chi connectivity index (χ4n) is 2.66. The highest BCUT2D eigenvalue weighted by molar-refractivity contribution is 7.92. The predicted octanol–water partition coefficient (Wildman–Crippen LogP) is 2.34. The van der Waals surface area contributed by atoms with Crippen LogP contribution in [0.3, 0.4) is 0 Å². The van der Waals surface area contributed by atoms with E-state index in [1.54, 1.807) is 0 Å². The molecule has 0 saturated carbocycles. The first kappa shape index (κ1) is 22.8. The molecule has 3 rings (SSSR count). The molecule has 0 atom stereocenters. The van der Waals surface area contributed by atoms with Crippen LogP contribution >= 0.6 is 0 Å². The van der Waals surface area contributed by atoms with Gasteiger partial charge in [0.2, 0.25) is 0 Å². The number of nitrogens with one attached hydrogen (secondary N) is 3. The quantitative estimate of drug-likeness (QED) is 0.471. The molecule has 9 nitrogen and oxygen atoms in total. The van der Waals surface area contributed by atoms with Gasteiger partial charge in [0, 0.05) is 18.0 Å². The molecule has 1 heterocycles. The van der Waals surface area contributed by atoms with E-state index in [4.69, 9.17) is 4.74 Å². The van der Waals surface area contributed by atoms with Crippen LogP contribution in [0.25, 0.3) is 0 Å². The van der Waals surface area contributed by atoms with Crippen LogP contribution in [0.1, 0.15) is 21.5 Å². The molecule has 0 bridgehead atoms. The summed E-state index contributed by atoms with van der Waals surface area (Å²) in [5, 5.41) is 0. The van der Waals surface area contributed by atoms with E-state index < -0.39 is 21.8 Å². The average Bonchev–Trinajstić information content (AvgIpc) is 2.78. The van der Waals surface area contributed by atoms with Gasteiger partial charge >= 0.3 is 0 Å². The summed E-state index contributed by atoms with van der Waals surface area (Å²) in [6.45, 7) is 3.51. The van der Waals surface area contributed by atoms with Gasteiger partial charge in [-0.2, -0.15) is 0 Å². The van der Waals surface area contributed by atoms with Gasteiger partial charge in [-0.3, -0.25) is 30.1 Å². The highest BCUT2D eigenvalue weighted by Crippen LogP contribution is 2.19. The van der Waals surface area contributed by atoms with Crippen molar-refractivity contribution in [3.63, 3.8) is 0 Å². The number of aryl methyl sites for hydroxylation is 2. The van der Waals surface area contributed by atoms with Gasteiger partial charge in [0.25, 0.3) is 21.8 Å². The van der Waals surface area contributed by atoms with Crippen molar-refractivity contribution in [1.29, 1.82) is 0 Å². The maximum Gasteiger partial charge on any atom is 0.276 e. The van der Waals surface area contributed by atoms with Gasteiger partial charge in [0.05, 0.1) is 10.6 Å². The first-order valence-corrected chi connectivity index (χ1v) is 11.0. The lowest BCUT2D eigenvalue weighted by Crippen LogP contribution is -2.43. The maximum absolute atomic E-state index is 12.4. The van der Waals surface area contributed by atoms with Crippen molar-refractivity contribution in [2.24, 2.45) is 0 Å². The van der Waals surface area contributed by atoms with E-state index in [2.05, 4.69) is 20.6 Å². The lowest BCUT2D eigenvalue weighted by atomic mass is 10.1. The highest BCUT2D eigenvalue weighted by Gasteiger charge is 2.15. The number of carbonyl (C=O) groups is 2. The second kappa shape index (κ2) is 9.92. The van der Waals surface area contributed by atoms with Gasteiger partial charge in [-0.25, -0.2) is 8.42 Å². The highest BCUT2D eigenvalue weighted by atomic mass is 32.2. The second-order valence-electron chi connectivity index (χ2n) is 6.93. The van der Waals surface area contributed by atoms with E-state index in [-0.39, 0.29) is 17.1 Å². The molecule has 0 fully saturated rings. The van der Waals surface area contributed by atoms with Crippen molar-refractivity contribution in [3.8, 4) is 5.75 Å². The fourth-order valence-corrected chi connectivity index (χ4v) is 3.72. The summed E-state index contributed by atoms with van der Waals surface area (Å²) in [5.74, 6) is -0.556. The normalized spacial score (nSPS) is 10.8. The second-order valence-corrected chi connectivity index (χ2v) is 8.61. The average molecular weight is 455 g/mol. The first-order chi connectivity index (χ1) is 15.2. The minimum atomic E-state index is -3.82. The molecule has 0 aliphatic rings. The number of nitrogens with zero attached hydrogens (tertiary/aromatic N) is 1. The summed E-state index contributed by atoms with van der Waals surface area (Å²) in [5.41, 5.74) is 6.96. The summed E-state index contributed by atoms with van der Waals surface area (Å²) < 4.78 is 32.8. The molecule has 32 heavy (non-hydrogen) atoms. The first-order valence-electron chi connectivity index (χ1n) is 9.57. The number of anilines is 1. The van der Waals surface area contributed by atoms with Crippen LogP contribution in [0, 0.1) is 13.8 Å². The lowest BCUT2D eigenvalue weighted by molar-refractivity contribution is -0.123. The van der Waals surface area contributed by atoms with Gasteiger partial charge in [-0.05, 0) is 67.4 Å². The standard InChI is InChI=1S/C22H22N4O5S/c1-15-3-4-16(2)20(13-15)31-14-21(27)24-25-22(28)17-5-7-19(8-6-17)32(29,30)26-18-9-11-23-12-10-18/h3-13H,14H2,1-2H3,(H,23,26)(H,24,27)(H,25,28). The van der Waals surface area contributed by atoms with Gasteiger partial charge in [-0.1, -0.05) is 12.1 Å². The SMILES string of the molecule is Cc1ccc(C)c(OCC(=O)NNC(=O)c2ccc(S(=O)(=O)Nc3ccncc3)cc2)c1. The van der Waals surface area contributed by atoms with Crippen molar-refractivity contribution in [1.82, 2.24) is 15.8 Å². The molecule has 0 spiro atoms. The van der Waals surface area contributed by atoms with Crippen molar-refractivity contribution in [3.05, 3.63) is 83.7 Å². The molecular formula is C22H22N4O5S. The van der Waals surface area contributed by atoms with E-state index in [1.165, 1.54) is 48.8 Å². The fraction of sp³-hybridized carbons (Fsp3) is 0.136. The summed E-state index contributed by atoms with van der Waals surface area (Å²) in [6.07, 6.45) is 2.93. The van der Waals surface area contributed by atoms with Gasteiger partial charge < -0.3 is 4.74 Å². The van der Waals surface area contributed by atoms with Crippen molar-refractivity contribution in [2.45, 2.75) is 18.7 Å². The van der Waals surface area contributed by atoms with Crippen LogP contribution in [-0.4, -0.2) is 31.8 Å². The molecule has 0 aliphatic carbocycles. The smallest absolute Gasteiger partial charge is 0.276 e. The van der Waals surface area contributed by atoms with Crippen molar-refractivity contribution >= 4 is 27.5 Å². The van der Waals surface area contributed by atoms with E-state index in [0.29, 0.717) is 11.4 Å². The van der Waals surface area contributed by atoms with Gasteiger partial charge in [-0.15, -0.1) is 0 Å². The molecule has 2 aromatic carbocycles. The molecule has 0 aliphatic heterocycles. The van der Waals surface area contributed by atoms with Gasteiger partial charge in [0.1, 0.15) is 5.75 Å². The summed E-state index contributed by atoms with van der Waals surface area (Å²) >= 11 is 0. The molecule has 3 N–H and O–H groups in total. The Balaban J connectivity index is 1.53. The maximum atomic E-state index is 12.4. The number of ether oxygens (including phenoxy) is 1. The number of hydrogen-bond donors (Lipinski definition) is 3. The number of benzene rings is 2. The zero-order chi connectivity index (χ0) is 23.1. The van der Waals surface area contributed by atoms with Crippen LogP contribution < -0.4 is 20.3 Å². The number of carbonyl (C=O) groups excluding carboxylic acids is 2. The molecule has 0 radical (unpaired) electrons. The molecule has 166 valence electrons. The van der Waals surface area contributed by atoms with Crippen LogP contribution in [0.4, 0.5) is 5.69 Å². The molecule has 0 saturated heterocycles. The number of rotatable bonds is 7. The molecule has 2 amide bonds. The van der Waals surface area contributed by atoms with Crippen molar-refractivity contribution < 1.29 is 22.7 Å². The zero-order valence-electron chi connectivity index (χ0n) is 17.5. The number of pyridine rings is 1. The van der Waals surface area contributed by atoms with E-state index in [1.807, 2.05) is 32.0 Å². The minimum absolute atomic E-state index is 0.0168. The van der Waals surface area contributed by atoms with E-state index in [0.717, 1.165) is 11.1 Å². The molecule has 10 heteroatoms. The van der Waals surface area contributed by atoms with Crippen molar-refractivity contribution in [2.75, 3.05) is 11.3 Å². The molecule has 1 aromatic heterocycles. The van der Waals surface area contributed by atoms with Crippen LogP contribution in [0.2, 0.25) is 0 Å². The zero-order valence-corrected chi connectivity index (χ0v) is 18.3. The van der Waals surface area contributed by atoms with Crippen LogP contribution in [0.5, 0.6) is 5.75 Å². The van der Waals surface area contributed by atoms with Gasteiger partial charge in [0.15, 0.2) is 6.61 Å². The topological polar surface area (TPSA) is 126 Å². The van der Waals surface area contributed by atoms with E-state index >= 15 is 0 Å². The summed E-state index contributed by atoms with van der Waals surface area (Å²) in [6, 6.07) is 14.0. The Morgan fingerprint density at radius 2 is 1.62 bits per heavy atom. The number of hydrazine groups is 1.